The highest BCUT2D eigenvalue weighted by Crippen LogP contribution is 2.33. The van der Waals surface area contributed by atoms with Crippen molar-refractivity contribution in [3.05, 3.63) is 103 Å². The van der Waals surface area contributed by atoms with Crippen molar-refractivity contribution in [3.63, 3.8) is 0 Å². The van der Waals surface area contributed by atoms with Crippen molar-refractivity contribution in [2.24, 2.45) is 0 Å². The van der Waals surface area contributed by atoms with Crippen LogP contribution in [0.15, 0.2) is 85.8 Å². The number of ether oxygens (including phenoxy) is 1. The minimum Gasteiger partial charge on any atom is -0.471 e. The maximum atomic E-state index is 14.8. The summed E-state index contributed by atoms with van der Waals surface area (Å²) in [4.78, 5) is 8.13. The van der Waals surface area contributed by atoms with Gasteiger partial charge in [-0.15, -0.1) is 5.10 Å². The van der Waals surface area contributed by atoms with Crippen LogP contribution in [0.2, 0.25) is 0 Å². The van der Waals surface area contributed by atoms with Gasteiger partial charge >= 0.3 is 0 Å². The minimum atomic E-state index is -1.91. The zero-order valence-electron chi connectivity index (χ0n) is 19.1. The van der Waals surface area contributed by atoms with Crippen LogP contribution in [0.1, 0.15) is 12.5 Å². The van der Waals surface area contributed by atoms with Crippen LogP contribution in [0.4, 0.5) is 8.78 Å². The van der Waals surface area contributed by atoms with Gasteiger partial charge in [-0.05, 0) is 42.3 Å². The fourth-order valence-electron chi connectivity index (χ4n) is 3.92. The number of aliphatic hydroxyl groups is 1. The number of hydrogen-bond acceptors (Lipinski definition) is 7. The van der Waals surface area contributed by atoms with Crippen LogP contribution in [-0.4, -0.2) is 46.0 Å². The average molecular weight is 489 g/mol. The summed E-state index contributed by atoms with van der Waals surface area (Å²) < 4.78 is 37.3. The topological polar surface area (TPSA) is 104 Å². The molecule has 0 unspecified atom stereocenters. The lowest BCUT2D eigenvalue weighted by Crippen LogP contribution is -2.45. The molecule has 0 saturated heterocycles. The van der Waals surface area contributed by atoms with Crippen LogP contribution in [0, 0.1) is 11.6 Å². The molecule has 0 spiro atoms. The summed E-state index contributed by atoms with van der Waals surface area (Å²) in [5.41, 5.74) is 0.538. The fraction of sp³-hybridized carbons (Fsp3) is 0.160. The largest absolute Gasteiger partial charge is 0.471 e. The smallest absolute Gasteiger partial charge is 0.214 e. The van der Waals surface area contributed by atoms with Crippen LogP contribution in [0.25, 0.3) is 16.8 Å². The van der Waals surface area contributed by atoms with Gasteiger partial charge in [-0.1, -0.05) is 23.4 Å². The van der Waals surface area contributed by atoms with E-state index in [4.69, 9.17) is 4.74 Å². The Kier molecular flexibility index (Phi) is 6.21. The summed E-state index contributed by atoms with van der Waals surface area (Å²) in [6, 6.07) is 14.2. The van der Waals surface area contributed by atoms with Gasteiger partial charge in [0.2, 0.25) is 5.88 Å². The van der Waals surface area contributed by atoms with Crippen LogP contribution in [-0.2, 0) is 12.1 Å². The molecule has 2 atom stereocenters. The van der Waals surface area contributed by atoms with E-state index in [0.717, 1.165) is 28.9 Å². The third kappa shape index (κ3) is 4.68. The summed E-state index contributed by atoms with van der Waals surface area (Å²) >= 11 is 0. The van der Waals surface area contributed by atoms with Gasteiger partial charge in [0.15, 0.2) is 0 Å². The maximum absolute atomic E-state index is 14.8. The summed E-state index contributed by atoms with van der Waals surface area (Å²) in [7, 11) is 0. The van der Waals surface area contributed by atoms with Gasteiger partial charge in [-0.25, -0.2) is 28.1 Å². The Morgan fingerprint density at radius 2 is 1.86 bits per heavy atom. The predicted molar refractivity (Wildman–Crippen MR) is 125 cm³/mol. The number of benzene rings is 2. The third-order valence-electron chi connectivity index (χ3n) is 5.86. The summed E-state index contributed by atoms with van der Waals surface area (Å²) in [6.45, 7) is 1.40. The Hall–Kier alpha value is -4.51. The Balaban J connectivity index is 1.42. The molecule has 2 aromatic carbocycles. The van der Waals surface area contributed by atoms with E-state index in [0.29, 0.717) is 0 Å². The van der Waals surface area contributed by atoms with Crippen molar-refractivity contribution in [1.29, 1.82) is 0 Å². The fourth-order valence-corrected chi connectivity index (χ4v) is 3.92. The van der Waals surface area contributed by atoms with Crippen molar-refractivity contribution < 1.29 is 18.6 Å². The third-order valence-corrected chi connectivity index (χ3v) is 5.86. The summed E-state index contributed by atoms with van der Waals surface area (Å²) in [5.74, 6) is -1.43. The molecule has 0 bridgehead atoms. The summed E-state index contributed by atoms with van der Waals surface area (Å²) in [6.07, 6.45) is 6.62. The lowest BCUT2D eigenvalue weighted by Gasteiger charge is -2.34. The number of rotatable bonds is 8. The quantitative estimate of drug-likeness (QED) is 0.356. The zero-order valence-corrected chi connectivity index (χ0v) is 19.1. The molecule has 0 saturated carbocycles. The van der Waals surface area contributed by atoms with Gasteiger partial charge in [0.25, 0.3) is 0 Å². The Morgan fingerprint density at radius 1 is 1.03 bits per heavy atom. The molecule has 1 N–H and O–H groups in total. The van der Waals surface area contributed by atoms with Crippen molar-refractivity contribution in [3.8, 4) is 22.7 Å². The first-order valence-electron chi connectivity index (χ1n) is 11.0. The molecule has 5 aromatic rings. The van der Waals surface area contributed by atoms with Crippen molar-refractivity contribution in [1.82, 2.24) is 34.7 Å². The van der Waals surface area contributed by atoms with E-state index >= 15 is 0 Å². The highest BCUT2D eigenvalue weighted by molar-refractivity contribution is 5.65. The second-order valence-corrected chi connectivity index (χ2v) is 8.18. The van der Waals surface area contributed by atoms with Crippen LogP contribution in [0.3, 0.4) is 0 Å². The van der Waals surface area contributed by atoms with Crippen LogP contribution in [0.5, 0.6) is 5.88 Å². The Labute approximate surface area is 204 Å². The van der Waals surface area contributed by atoms with E-state index in [9.17, 15) is 13.9 Å². The number of pyridine rings is 1. The van der Waals surface area contributed by atoms with Crippen LogP contribution < -0.4 is 4.74 Å². The first kappa shape index (κ1) is 23.2. The molecule has 0 amide bonds. The molecule has 0 radical (unpaired) electrons. The normalized spacial score (nSPS) is 13.8. The lowest BCUT2D eigenvalue weighted by atomic mass is 9.88. The predicted octanol–water partition coefficient (Wildman–Crippen LogP) is 3.55. The molecule has 0 aliphatic heterocycles. The number of aromatic nitrogens is 7. The summed E-state index contributed by atoms with van der Waals surface area (Å²) in [5, 5.41) is 23.4. The first-order valence-corrected chi connectivity index (χ1v) is 11.0. The maximum Gasteiger partial charge on any atom is 0.214 e. The monoisotopic (exact) mass is 489 g/mol. The minimum absolute atomic E-state index is 0.133. The molecular formula is C25H21F2N7O2. The second-order valence-electron chi connectivity index (χ2n) is 8.18. The Morgan fingerprint density at radius 3 is 2.56 bits per heavy atom. The van der Waals surface area contributed by atoms with E-state index in [2.05, 4.69) is 25.4 Å². The standard InChI is InChI=1S/C25H21F2N7O2/c1-17(25(35,14-33-16-28-15-31-33)22-7-4-20(26)13-23(22)27)36-24-12-19(8-9-29-24)18-2-5-21(6-3-18)34-11-10-30-32-34/h2-13,15-17,35H,14H2,1H3/t17-,25-/m1/s1. The molecule has 3 aromatic heterocycles. The lowest BCUT2D eigenvalue weighted by molar-refractivity contribution is -0.0773. The number of hydrogen-bond donors (Lipinski definition) is 1. The van der Waals surface area contributed by atoms with Crippen molar-refractivity contribution >= 4 is 0 Å². The molecule has 0 aliphatic rings. The zero-order chi connectivity index (χ0) is 25.1. The molecule has 3 heterocycles. The second kappa shape index (κ2) is 9.62. The van der Waals surface area contributed by atoms with Gasteiger partial charge < -0.3 is 9.84 Å². The molecule has 0 fully saturated rings. The van der Waals surface area contributed by atoms with E-state index < -0.39 is 23.3 Å². The first-order chi connectivity index (χ1) is 17.4. The molecular weight excluding hydrogens is 468 g/mol. The van der Waals surface area contributed by atoms with Gasteiger partial charge in [0.05, 0.1) is 24.6 Å². The van der Waals surface area contributed by atoms with Gasteiger partial charge in [-0.3, -0.25) is 0 Å². The van der Waals surface area contributed by atoms with Gasteiger partial charge in [-0.2, -0.15) is 5.10 Å². The highest BCUT2D eigenvalue weighted by atomic mass is 19.1. The SMILES string of the molecule is C[C@@H](Oc1cc(-c2ccc(-n3ccnn3)cc2)ccn1)[C@](O)(Cn1cncn1)c1ccc(F)cc1F. The molecule has 11 heteroatoms. The van der Waals surface area contributed by atoms with Crippen LogP contribution >= 0.6 is 0 Å². The van der Waals surface area contributed by atoms with Gasteiger partial charge in [0.1, 0.15) is 36.0 Å². The molecule has 36 heavy (non-hydrogen) atoms. The van der Waals surface area contributed by atoms with E-state index in [1.807, 2.05) is 30.3 Å². The number of halogens is 2. The van der Waals surface area contributed by atoms with Gasteiger partial charge in [0, 0.05) is 23.9 Å². The molecule has 182 valence electrons. The van der Waals surface area contributed by atoms with Crippen molar-refractivity contribution in [2.75, 3.05) is 0 Å². The molecule has 5 rings (SSSR count). The average Bonchev–Trinajstić information content (AvgIpc) is 3.59. The van der Waals surface area contributed by atoms with E-state index in [1.165, 1.54) is 23.4 Å². The Bertz CT molecular complexity index is 1440. The molecule has 9 nitrogen and oxygen atoms in total. The molecule has 0 aliphatic carbocycles. The highest BCUT2D eigenvalue weighted by Gasteiger charge is 2.41. The number of nitrogens with zero attached hydrogens (tertiary/aromatic N) is 7. The van der Waals surface area contributed by atoms with Crippen molar-refractivity contribution in [2.45, 2.75) is 25.2 Å². The van der Waals surface area contributed by atoms with E-state index in [1.54, 1.807) is 36.3 Å². The van der Waals surface area contributed by atoms with E-state index in [-0.39, 0.29) is 18.0 Å².